The average Bonchev–Trinajstić information content (AvgIpc) is 2.32. The number of aryl methyl sites for hydroxylation is 1. The van der Waals surface area contributed by atoms with E-state index in [0.717, 1.165) is 12.1 Å². The zero-order chi connectivity index (χ0) is 12.5. The molecule has 0 fully saturated rings. The number of aromatic nitrogens is 1. The molecule has 1 rings (SSSR count). The maximum absolute atomic E-state index is 5.73. The fourth-order valence-electron chi connectivity index (χ4n) is 1.26. The zero-order valence-electron chi connectivity index (χ0n) is 10.4. The zero-order valence-corrected chi connectivity index (χ0v) is 10.4. The number of rotatable bonds is 8. The van der Waals surface area contributed by atoms with Crippen molar-refractivity contribution < 1.29 is 14.2 Å². The number of nitrogen functional groups attached to an aromatic ring is 1. The Kier molecular flexibility index (Phi) is 6.35. The van der Waals surface area contributed by atoms with Crippen LogP contribution in [0.5, 0.6) is 5.88 Å². The summed E-state index contributed by atoms with van der Waals surface area (Å²) in [6.07, 6.45) is 0.890. The monoisotopic (exact) mass is 240 g/mol. The quantitative estimate of drug-likeness (QED) is 0.696. The van der Waals surface area contributed by atoms with Crippen LogP contribution in [0.15, 0.2) is 12.1 Å². The summed E-state index contributed by atoms with van der Waals surface area (Å²) in [5, 5.41) is 0. The van der Waals surface area contributed by atoms with Gasteiger partial charge in [-0.1, -0.05) is 0 Å². The van der Waals surface area contributed by atoms with E-state index in [1.807, 2.05) is 13.0 Å². The lowest BCUT2D eigenvalue weighted by Crippen LogP contribution is -2.10. The standard InChI is InChI=1S/C12H20N2O3/c1-10-4-5-11(13)12(14-10)17-9-8-16-7-3-6-15-2/h4-5H,3,6-9,13H2,1-2H3. The van der Waals surface area contributed by atoms with E-state index in [1.165, 1.54) is 0 Å². The molecule has 96 valence electrons. The molecule has 1 aromatic rings. The highest BCUT2D eigenvalue weighted by molar-refractivity contribution is 5.48. The third kappa shape index (κ3) is 5.51. The minimum absolute atomic E-state index is 0.452. The van der Waals surface area contributed by atoms with Gasteiger partial charge in [-0.25, -0.2) is 4.98 Å². The van der Waals surface area contributed by atoms with Crippen LogP contribution in [0.1, 0.15) is 12.1 Å². The number of pyridine rings is 1. The minimum atomic E-state index is 0.452. The number of nitrogens with two attached hydrogens (primary N) is 1. The van der Waals surface area contributed by atoms with Crippen molar-refractivity contribution in [2.24, 2.45) is 0 Å². The topological polar surface area (TPSA) is 66.6 Å². The van der Waals surface area contributed by atoms with Crippen LogP contribution in [-0.4, -0.2) is 38.5 Å². The molecule has 0 unspecified atom stereocenters. The Morgan fingerprint density at radius 2 is 2.00 bits per heavy atom. The Morgan fingerprint density at radius 1 is 1.18 bits per heavy atom. The first-order chi connectivity index (χ1) is 8.24. The second-order valence-electron chi connectivity index (χ2n) is 3.65. The highest BCUT2D eigenvalue weighted by Crippen LogP contribution is 2.17. The van der Waals surface area contributed by atoms with Crippen LogP contribution >= 0.6 is 0 Å². The lowest BCUT2D eigenvalue weighted by molar-refractivity contribution is 0.0797. The SMILES string of the molecule is COCCCOCCOc1nc(C)ccc1N. The molecule has 0 aliphatic rings. The first-order valence-electron chi connectivity index (χ1n) is 5.66. The van der Waals surface area contributed by atoms with E-state index in [9.17, 15) is 0 Å². The van der Waals surface area contributed by atoms with E-state index in [-0.39, 0.29) is 0 Å². The van der Waals surface area contributed by atoms with E-state index in [0.29, 0.717) is 38.0 Å². The molecule has 1 heterocycles. The van der Waals surface area contributed by atoms with Gasteiger partial charge in [0.25, 0.3) is 0 Å². The number of anilines is 1. The van der Waals surface area contributed by atoms with Crippen LogP contribution in [0.4, 0.5) is 5.69 Å². The second-order valence-corrected chi connectivity index (χ2v) is 3.65. The maximum Gasteiger partial charge on any atom is 0.237 e. The molecule has 1 aromatic heterocycles. The van der Waals surface area contributed by atoms with Crippen LogP contribution in [0.2, 0.25) is 0 Å². The van der Waals surface area contributed by atoms with Crippen molar-refractivity contribution in [1.82, 2.24) is 4.98 Å². The molecule has 0 bridgehead atoms. The van der Waals surface area contributed by atoms with E-state index in [2.05, 4.69) is 4.98 Å². The largest absolute Gasteiger partial charge is 0.474 e. The Morgan fingerprint density at radius 3 is 2.76 bits per heavy atom. The molecule has 0 aliphatic heterocycles. The van der Waals surface area contributed by atoms with E-state index in [1.54, 1.807) is 13.2 Å². The highest BCUT2D eigenvalue weighted by Gasteiger charge is 2.01. The third-order valence-electron chi connectivity index (χ3n) is 2.13. The van der Waals surface area contributed by atoms with Gasteiger partial charge in [0, 0.05) is 26.0 Å². The molecule has 0 saturated heterocycles. The summed E-state index contributed by atoms with van der Waals surface area (Å²) in [6.45, 7) is 4.27. The highest BCUT2D eigenvalue weighted by atomic mass is 16.5. The Balaban J connectivity index is 2.15. The summed E-state index contributed by atoms with van der Waals surface area (Å²) in [7, 11) is 1.68. The van der Waals surface area contributed by atoms with Gasteiger partial charge < -0.3 is 19.9 Å². The van der Waals surface area contributed by atoms with Gasteiger partial charge in [-0.05, 0) is 25.5 Å². The molecular formula is C12H20N2O3. The number of hydrogen-bond acceptors (Lipinski definition) is 5. The van der Waals surface area contributed by atoms with E-state index in [4.69, 9.17) is 19.9 Å². The van der Waals surface area contributed by atoms with Gasteiger partial charge in [0.1, 0.15) is 6.61 Å². The fraction of sp³-hybridized carbons (Fsp3) is 0.583. The number of hydrogen-bond donors (Lipinski definition) is 1. The van der Waals surface area contributed by atoms with Crippen molar-refractivity contribution in [3.05, 3.63) is 17.8 Å². The molecule has 0 radical (unpaired) electrons. The molecule has 2 N–H and O–H groups in total. The van der Waals surface area contributed by atoms with Crippen LogP contribution in [0, 0.1) is 6.92 Å². The predicted molar refractivity (Wildman–Crippen MR) is 66.2 cm³/mol. The van der Waals surface area contributed by atoms with E-state index >= 15 is 0 Å². The Bertz CT molecular complexity index is 332. The second kappa shape index (κ2) is 7.86. The summed E-state index contributed by atoms with van der Waals surface area (Å²) < 4.78 is 15.7. The van der Waals surface area contributed by atoms with Gasteiger partial charge in [-0.15, -0.1) is 0 Å². The van der Waals surface area contributed by atoms with Crippen molar-refractivity contribution in [2.45, 2.75) is 13.3 Å². The molecule has 17 heavy (non-hydrogen) atoms. The van der Waals surface area contributed by atoms with E-state index < -0.39 is 0 Å². The van der Waals surface area contributed by atoms with Crippen molar-refractivity contribution >= 4 is 5.69 Å². The number of nitrogens with zero attached hydrogens (tertiary/aromatic N) is 1. The molecule has 0 aromatic carbocycles. The lowest BCUT2D eigenvalue weighted by Gasteiger charge is -2.08. The first kappa shape index (κ1) is 13.7. The molecule has 5 heteroatoms. The average molecular weight is 240 g/mol. The predicted octanol–water partition coefficient (Wildman–Crippen LogP) is 1.40. The summed E-state index contributed by atoms with van der Waals surface area (Å²) in [5.74, 6) is 0.477. The fourth-order valence-corrected chi connectivity index (χ4v) is 1.26. The molecule has 0 amide bonds. The van der Waals surface area contributed by atoms with Gasteiger partial charge in [0.15, 0.2) is 0 Å². The van der Waals surface area contributed by atoms with Crippen LogP contribution in [0.3, 0.4) is 0 Å². The van der Waals surface area contributed by atoms with Gasteiger partial charge in [0.2, 0.25) is 5.88 Å². The van der Waals surface area contributed by atoms with Crippen molar-refractivity contribution in [2.75, 3.05) is 39.3 Å². The van der Waals surface area contributed by atoms with Crippen molar-refractivity contribution in [1.29, 1.82) is 0 Å². The van der Waals surface area contributed by atoms with Gasteiger partial charge in [-0.2, -0.15) is 0 Å². The Labute approximate surface area is 102 Å². The summed E-state index contributed by atoms with van der Waals surface area (Å²) in [6, 6.07) is 3.64. The summed E-state index contributed by atoms with van der Waals surface area (Å²) in [4.78, 5) is 4.20. The molecular weight excluding hydrogens is 220 g/mol. The molecule has 0 atom stereocenters. The van der Waals surface area contributed by atoms with Crippen LogP contribution in [0.25, 0.3) is 0 Å². The van der Waals surface area contributed by atoms with Crippen LogP contribution < -0.4 is 10.5 Å². The first-order valence-corrected chi connectivity index (χ1v) is 5.66. The van der Waals surface area contributed by atoms with Crippen molar-refractivity contribution in [3.8, 4) is 5.88 Å². The number of ether oxygens (including phenoxy) is 3. The van der Waals surface area contributed by atoms with Gasteiger partial charge >= 0.3 is 0 Å². The summed E-state index contributed by atoms with van der Waals surface area (Å²) >= 11 is 0. The lowest BCUT2D eigenvalue weighted by atomic mass is 10.3. The molecule has 0 spiro atoms. The normalized spacial score (nSPS) is 10.5. The maximum atomic E-state index is 5.73. The molecule has 0 saturated carbocycles. The van der Waals surface area contributed by atoms with Crippen LogP contribution in [-0.2, 0) is 9.47 Å². The minimum Gasteiger partial charge on any atom is -0.474 e. The van der Waals surface area contributed by atoms with Gasteiger partial charge in [0.05, 0.1) is 12.3 Å². The Hall–Kier alpha value is -1.33. The molecule has 0 aliphatic carbocycles. The number of methoxy groups -OCH3 is 1. The smallest absolute Gasteiger partial charge is 0.237 e. The summed E-state index contributed by atoms with van der Waals surface area (Å²) in [5.41, 5.74) is 7.16. The van der Waals surface area contributed by atoms with Crippen molar-refractivity contribution in [3.63, 3.8) is 0 Å². The van der Waals surface area contributed by atoms with Gasteiger partial charge in [-0.3, -0.25) is 0 Å². The third-order valence-corrected chi connectivity index (χ3v) is 2.13. The molecule has 5 nitrogen and oxygen atoms in total.